The standard InChI is InChI=1S/C5H6N2O3/c6-4(8)1-3-2-5(9)7-10-3/h2H,1H2,(H2,6,8)(H,7,9). The van der Waals surface area contributed by atoms with E-state index in [1.54, 1.807) is 0 Å². The summed E-state index contributed by atoms with van der Waals surface area (Å²) in [6.07, 6.45) is -0.0342. The van der Waals surface area contributed by atoms with Gasteiger partial charge >= 0.3 is 0 Å². The number of nitrogens with zero attached hydrogens (tertiary/aromatic N) is 1. The van der Waals surface area contributed by atoms with E-state index in [1.807, 2.05) is 0 Å². The molecule has 0 saturated heterocycles. The number of aromatic nitrogens is 1. The normalized spacial score (nSPS) is 9.60. The minimum Gasteiger partial charge on any atom is -0.491 e. The fourth-order valence-electron chi connectivity index (χ4n) is 0.557. The molecule has 5 nitrogen and oxygen atoms in total. The lowest BCUT2D eigenvalue weighted by molar-refractivity contribution is -0.117. The molecule has 10 heavy (non-hydrogen) atoms. The average Bonchev–Trinajstić information content (AvgIpc) is 2.13. The second-order valence-corrected chi connectivity index (χ2v) is 1.79. The van der Waals surface area contributed by atoms with Crippen molar-refractivity contribution in [1.29, 1.82) is 0 Å². The molecule has 0 aliphatic carbocycles. The van der Waals surface area contributed by atoms with Gasteiger partial charge in [-0.3, -0.25) is 4.79 Å². The van der Waals surface area contributed by atoms with Gasteiger partial charge in [-0.05, 0) is 5.16 Å². The first kappa shape index (κ1) is 6.60. The first-order chi connectivity index (χ1) is 4.68. The Kier molecular flexibility index (Phi) is 1.57. The maximum absolute atomic E-state index is 10.2. The minimum absolute atomic E-state index is 0.0342. The van der Waals surface area contributed by atoms with E-state index >= 15 is 0 Å². The van der Waals surface area contributed by atoms with Crippen molar-refractivity contribution < 1.29 is 14.4 Å². The molecule has 0 saturated carbocycles. The van der Waals surface area contributed by atoms with Crippen LogP contribution in [0.3, 0.4) is 0 Å². The molecular weight excluding hydrogens is 136 g/mol. The van der Waals surface area contributed by atoms with Crippen molar-refractivity contribution in [2.75, 3.05) is 0 Å². The van der Waals surface area contributed by atoms with Crippen LogP contribution < -0.4 is 5.73 Å². The van der Waals surface area contributed by atoms with Gasteiger partial charge < -0.3 is 15.4 Å². The van der Waals surface area contributed by atoms with Crippen LogP contribution in [-0.4, -0.2) is 16.2 Å². The van der Waals surface area contributed by atoms with Crippen molar-refractivity contribution in [3.05, 3.63) is 11.8 Å². The molecule has 0 atom stereocenters. The van der Waals surface area contributed by atoms with Crippen LogP contribution in [0.4, 0.5) is 0 Å². The zero-order valence-corrected chi connectivity index (χ0v) is 5.07. The Bertz CT molecular complexity index is 243. The van der Waals surface area contributed by atoms with E-state index in [1.165, 1.54) is 6.07 Å². The number of hydrogen-bond donors (Lipinski definition) is 2. The lowest BCUT2D eigenvalue weighted by Crippen LogP contribution is -2.12. The van der Waals surface area contributed by atoms with Crippen molar-refractivity contribution >= 4 is 5.91 Å². The van der Waals surface area contributed by atoms with E-state index in [0.29, 0.717) is 0 Å². The summed E-state index contributed by atoms with van der Waals surface area (Å²) in [6.45, 7) is 0. The summed E-state index contributed by atoms with van der Waals surface area (Å²) < 4.78 is 4.47. The van der Waals surface area contributed by atoms with Crippen molar-refractivity contribution in [2.45, 2.75) is 6.42 Å². The molecule has 0 aliphatic rings. The van der Waals surface area contributed by atoms with Crippen LogP contribution >= 0.6 is 0 Å². The summed E-state index contributed by atoms with van der Waals surface area (Å²) in [5.74, 6) is -0.489. The lowest BCUT2D eigenvalue weighted by Gasteiger charge is -1.84. The van der Waals surface area contributed by atoms with E-state index in [-0.39, 0.29) is 18.1 Å². The minimum atomic E-state index is -0.517. The highest BCUT2D eigenvalue weighted by molar-refractivity contribution is 5.75. The number of aromatic hydroxyl groups is 1. The highest BCUT2D eigenvalue weighted by atomic mass is 16.5. The third kappa shape index (κ3) is 1.48. The summed E-state index contributed by atoms with van der Waals surface area (Å²) >= 11 is 0. The predicted octanol–water partition coefficient (Wildman–Crippen LogP) is -0.592. The summed E-state index contributed by atoms with van der Waals surface area (Å²) in [6, 6.07) is 1.24. The SMILES string of the molecule is NC(=O)Cc1cc(O)no1. The van der Waals surface area contributed by atoms with E-state index in [0.717, 1.165) is 0 Å². The van der Waals surface area contributed by atoms with Crippen LogP contribution in [0.25, 0.3) is 0 Å². The fourth-order valence-corrected chi connectivity index (χ4v) is 0.557. The van der Waals surface area contributed by atoms with Crippen molar-refractivity contribution in [1.82, 2.24) is 5.16 Å². The Morgan fingerprint density at radius 2 is 2.60 bits per heavy atom. The third-order valence-corrected chi connectivity index (χ3v) is 0.895. The summed E-state index contributed by atoms with van der Waals surface area (Å²) in [5.41, 5.74) is 4.83. The van der Waals surface area contributed by atoms with Crippen molar-refractivity contribution in [3.8, 4) is 5.88 Å². The predicted molar refractivity (Wildman–Crippen MR) is 31.1 cm³/mol. The maximum atomic E-state index is 10.2. The topological polar surface area (TPSA) is 89.4 Å². The average molecular weight is 142 g/mol. The number of primary amides is 1. The smallest absolute Gasteiger partial charge is 0.251 e. The maximum Gasteiger partial charge on any atom is 0.251 e. The van der Waals surface area contributed by atoms with Gasteiger partial charge in [0, 0.05) is 6.07 Å². The second kappa shape index (κ2) is 2.38. The monoisotopic (exact) mass is 142 g/mol. The van der Waals surface area contributed by atoms with Gasteiger partial charge in [-0.15, -0.1) is 0 Å². The molecule has 1 heterocycles. The van der Waals surface area contributed by atoms with Crippen LogP contribution in [-0.2, 0) is 11.2 Å². The van der Waals surface area contributed by atoms with Gasteiger partial charge in [0.25, 0.3) is 5.88 Å². The Labute approximate surface area is 56.4 Å². The summed E-state index contributed by atoms with van der Waals surface area (Å²) in [7, 11) is 0. The zero-order valence-electron chi connectivity index (χ0n) is 5.07. The third-order valence-electron chi connectivity index (χ3n) is 0.895. The number of hydrogen-bond acceptors (Lipinski definition) is 4. The van der Waals surface area contributed by atoms with E-state index in [4.69, 9.17) is 10.8 Å². The van der Waals surface area contributed by atoms with Crippen LogP contribution in [0.2, 0.25) is 0 Å². The first-order valence-corrected chi connectivity index (χ1v) is 2.61. The quantitative estimate of drug-likeness (QED) is 0.577. The van der Waals surface area contributed by atoms with Gasteiger partial charge in [-0.1, -0.05) is 0 Å². The number of rotatable bonds is 2. The van der Waals surface area contributed by atoms with Gasteiger partial charge in [-0.25, -0.2) is 0 Å². The largest absolute Gasteiger partial charge is 0.491 e. The molecular formula is C5H6N2O3. The number of nitrogens with two attached hydrogens (primary N) is 1. The molecule has 3 N–H and O–H groups in total. The molecule has 0 spiro atoms. The molecule has 0 unspecified atom stereocenters. The molecule has 54 valence electrons. The Balaban J connectivity index is 2.67. The lowest BCUT2D eigenvalue weighted by atomic mass is 10.3. The number of amides is 1. The second-order valence-electron chi connectivity index (χ2n) is 1.79. The fraction of sp³-hybridized carbons (Fsp3) is 0.200. The van der Waals surface area contributed by atoms with Crippen LogP contribution in [0.15, 0.2) is 10.6 Å². The van der Waals surface area contributed by atoms with E-state index in [9.17, 15) is 4.79 Å². The zero-order chi connectivity index (χ0) is 7.56. The van der Waals surface area contributed by atoms with Crippen LogP contribution in [0.5, 0.6) is 5.88 Å². The molecule has 5 heteroatoms. The molecule has 1 aromatic heterocycles. The highest BCUT2D eigenvalue weighted by Gasteiger charge is 2.04. The van der Waals surface area contributed by atoms with Crippen molar-refractivity contribution in [3.63, 3.8) is 0 Å². The van der Waals surface area contributed by atoms with Crippen molar-refractivity contribution in [2.24, 2.45) is 5.73 Å². The van der Waals surface area contributed by atoms with Crippen LogP contribution in [0.1, 0.15) is 5.76 Å². The van der Waals surface area contributed by atoms with Crippen LogP contribution in [0, 0.1) is 0 Å². The molecule has 0 fully saturated rings. The molecule has 0 aromatic carbocycles. The van der Waals surface area contributed by atoms with E-state index < -0.39 is 5.91 Å². The van der Waals surface area contributed by atoms with Gasteiger partial charge in [0.15, 0.2) is 0 Å². The van der Waals surface area contributed by atoms with Gasteiger partial charge in [-0.2, -0.15) is 0 Å². The molecule has 1 aromatic rings. The number of carbonyl (C=O) groups excluding carboxylic acids is 1. The molecule has 1 amide bonds. The van der Waals surface area contributed by atoms with Gasteiger partial charge in [0.2, 0.25) is 5.91 Å². The Morgan fingerprint density at radius 3 is 3.00 bits per heavy atom. The molecule has 0 radical (unpaired) electrons. The molecule has 0 aliphatic heterocycles. The summed E-state index contributed by atoms with van der Waals surface area (Å²) in [5, 5.41) is 11.8. The Morgan fingerprint density at radius 1 is 1.90 bits per heavy atom. The molecule has 0 bridgehead atoms. The van der Waals surface area contributed by atoms with Gasteiger partial charge in [0.05, 0.1) is 6.42 Å². The van der Waals surface area contributed by atoms with Gasteiger partial charge in [0.1, 0.15) is 5.76 Å². The Hall–Kier alpha value is -1.52. The molecule has 1 rings (SSSR count). The van der Waals surface area contributed by atoms with E-state index in [2.05, 4.69) is 9.68 Å². The highest BCUT2D eigenvalue weighted by Crippen LogP contribution is 2.08. The summed E-state index contributed by atoms with van der Waals surface area (Å²) in [4.78, 5) is 10.2. The first-order valence-electron chi connectivity index (χ1n) is 2.61. The number of carbonyl (C=O) groups is 1.